The summed E-state index contributed by atoms with van der Waals surface area (Å²) < 4.78 is 1.81. The van der Waals surface area contributed by atoms with E-state index in [1.54, 1.807) is 0 Å². The van der Waals surface area contributed by atoms with Gasteiger partial charge in [0, 0.05) is 19.8 Å². The van der Waals surface area contributed by atoms with Gasteiger partial charge in [-0.3, -0.25) is 4.68 Å². The Hall–Kier alpha value is -1.25. The molecule has 0 saturated carbocycles. The van der Waals surface area contributed by atoms with Crippen LogP contribution in [0.1, 0.15) is 12.6 Å². The second-order valence-electron chi connectivity index (χ2n) is 2.75. The molecule has 3 nitrogen and oxygen atoms in total. The van der Waals surface area contributed by atoms with Gasteiger partial charge >= 0.3 is 0 Å². The molecule has 0 aliphatic heterocycles. The van der Waals surface area contributed by atoms with E-state index in [0.717, 1.165) is 17.9 Å². The van der Waals surface area contributed by atoms with Gasteiger partial charge in [0.05, 0.1) is 11.4 Å². The lowest BCUT2D eigenvalue weighted by Crippen LogP contribution is -1.97. The maximum absolute atomic E-state index is 4.22. The standard InChI is InChI=1S/C9H15N3/c1-4-5-6-10-9-7-12(3)11-8(9)2/h4-5,7,10H,6H2,1-3H3/b5-4+. The Kier molecular flexibility index (Phi) is 2.91. The monoisotopic (exact) mass is 165 g/mol. The predicted octanol–water partition coefficient (Wildman–Crippen LogP) is 1.72. The topological polar surface area (TPSA) is 29.9 Å². The molecule has 0 bridgehead atoms. The van der Waals surface area contributed by atoms with Gasteiger partial charge in [0.1, 0.15) is 0 Å². The van der Waals surface area contributed by atoms with Crippen LogP contribution in [0.5, 0.6) is 0 Å². The molecule has 12 heavy (non-hydrogen) atoms. The highest BCUT2D eigenvalue weighted by atomic mass is 15.3. The summed E-state index contributed by atoms with van der Waals surface area (Å²) in [4.78, 5) is 0. The first-order chi connectivity index (χ1) is 5.74. The van der Waals surface area contributed by atoms with E-state index in [9.17, 15) is 0 Å². The normalized spacial score (nSPS) is 10.9. The van der Waals surface area contributed by atoms with E-state index >= 15 is 0 Å². The van der Waals surface area contributed by atoms with Crippen LogP contribution in [0.15, 0.2) is 18.3 Å². The maximum Gasteiger partial charge on any atom is 0.0825 e. The third-order valence-electron chi connectivity index (χ3n) is 1.66. The summed E-state index contributed by atoms with van der Waals surface area (Å²) in [6, 6.07) is 0. The first kappa shape index (κ1) is 8.84. The van der Waals surface area contributed by atoms with Crippen molar-refractivity contribution in [2.75, 3.05) is 11.9 Å². The van der Waals surface area contributed by atoms with Crippen molar-refractivity contribution >= 4 is 5.69 Å². The molecule has 1 aromatic heterocycles. The summed E-state index contributed by atoms with van der Waals surface area (Å²) in [6.07, 6.45) is 6.09. The highest BCUT2D eigenvalue weighted by Gasteiger charge is 1.99. The molecule has 0 spiro atoms. The largest absolute Gasteiger partial charge is 0.379 e. The van der Waals surface area contributed by atoms with Crippen LogP contribution >= 0.6 is 0 Å². The lowest BCUT2D eigenvalue weighted by molar-refractivity contribution is 0.756. The molecule has 3 heteroatoms. The number of allylic oxidation sites excluding steroid dienone is 1. The third kappa shape index (κ3) is 2.12. The highest BCUT2D eigenvalue weighted by molar-refractivity contribution is 5.45. The van der Waals surface area contributed by atoms with E-state index in [1.807, 2.05) is 37.8 Å². The van der Waals surface area contributed by atoms with Crippen molar-refractivity contribution in [3.63, 3.8) is 0 Å². The maximum atomic E-state index is 4.22. The van der Waals surface area contributed by atoms with Gasteiger partial charge in [-0.15, -0.1) is 0 Å². The average molecular weight is 165 g/mol. The van der Waals surface area contributed by atoms with Crippen LogP contribution in [-0.4, -0.2) is 16.3 Å². The zero-order valence-corrected chi connectivity index (χ0v) is 7.83. The molecular formula is C9H15N3. The zero-order valence-electron chi connectivity index (χ0n) is 7.83. The fourth-order valence-electron chi connectivity index (χ4n) is 1.06. The molecule has 1 aromatic rings. The molecule has 66 valence electrons. The number of aryl methyl sites for hydroxylation is 2. The van der Waals surface area contributed by atoms with Crippen molar-refractivity contribution in [2.24, 2.45) is 7.05 Å². The van der Waals surface area contributed by atoms with Gasteiger partial charge in [-0.05, 0) is 13.8 Å². The number of nitrogens with one attached hydrogen (secondary N) is 1. The van der Waals surface area contributed by atoms with Crippen LogP contribution in [0.2, 0.25) is 0 Å². The molecule has 0 saturated heterocycles. The first-order valence-electron chi connectivity index (χ1n) is 4.09. The minimum absolute atomic E-state index is 0.864. The molecule has 1 rings (SSSR count). The summed E-state index contributed by atoms with van der Waals surface area (Å²) in [5.41, 5.74) is 2.15. The van der Waals surface area contributed by atoms with E-state index in [1.165, 1.54) is 0 Å². The molecule has 0 unspecified atom stereocenters. The van der Waals surface area contributed by atoms with Crippen molar-refractivity contribution in [3.05, 3.63) is 24.0 Å². The Morgan fingerprint density at radius 3 is 2.92 bits per heavy atom. The summed E-state index contributed by atoms with van der Waals surface area (Å²) >= 11 is 0. The third-order valence-corrected chi connectivity index (χ3v) is 1.66. The number of hydrogen-bond acceptors (Lipinski definition) is 2. The Bertz CT molecular complexity index is 273. The predicted molar refractivity (Wildman–Crippen MR) is 51.2 cm³/mol. The summed E-state index contributed by atoms with van der Waals surface area (Å²) in [7, 11) is 1.92. The van der Waals surface area contributed by atoms with Crippen molar-refractivity contribution in [2.45, 2.75) is 13.8 Å². The van der Waals surface area contributed by atoms with Gasteiger partial charge in [-0.1, -0.05) is 12.2 Å². The highest BCUT2D eigenvalue weighted by Crippen LogP contribution is 2.10. The Balaban J connectivity index is 2.56. The minimum Gasteiger partial charge on any atom is -0.379 e. The number of nitrogens with zero attached hydrogens (tertiary/aromatic N) is 2. The van der Waals surface area contributed by atoms with Crippen LogP contribution in [0, 0.1) is 6.92 Å². The Morgan fingerprint density at radius 1 is 1.67 bits per heavy atom. The van der Waals surface area contributed by atoms with Crippen LogP contribution in [0.25, 0.3) is 0 Å². The summed E-state index contributed by atoms with van der Waals surface area (Å²) in [5.74, 6) is 0. The second kappa shape index (κ2) is 3.95. The lowest BCUT2D eigenvalue weighted by Gasteiger charge is -1.98. The van der Waals surface area contributed by atoms with Gasteiger partial charge in [-0.2, -0.15) is 5.10 Å². The van der Waals surface area contributed by atoms with Crippen LogP contribution < -0.4 is 5.32 Å². The van der Waals surface area contributed by atoms with Crippen molar-refractivity contribution in [1.82, 2.24) is 9.78 Å². The van der Waals surface area contributed by atoms with Crippen LogP contribution in [0.3, 0.4) is 0 Å². The molecule has 0 aliphatic rings. The molecule has 1 heterocycles. The molecule has 0 atom stereocenters. The molecule has 0 radical (unpaired) electrons. The fourth-order valence-corrected chi connectivity index (χ4v) is 1.06. The zero-order chi connectivity index (χ0) is 8.97. The SMILES string of the molecule is C/C=C/CNc1cn(C)nc1C. The van der Waals surface area contributed by atoms with Crippen molar-refractivity contribution in [1.29, 1.82) is 0 Å². The Labute approximate surface area is 73.1 Å². The van der Waals surface area contributed by atoms with E-state index in [-0.39, 0.29) is 0 Å². The number of aromatic nitrogens is 2. The van der Waals surface area contributed by atoms with Crippen molar-refractivity contribution in [3.8, 4) is 0 Å². The van der Waals surface area contributed by atoms with E-state index < -0.39 is 0 Å². The minimum atomic E-state index is 0.864. The van der Waals surface area contributed by atoms with E-state index in [0.29, 0.717) is 0 Å². The molecular weight excluding hydrogens is 150 g/mol. The molecule has 0 fully saturated rings. The Morgan fingerprint density at radius 2 is 2.42 bits per heavy atom. The van der Waals surface area contributed by atoms with Crippen molar-refractivity contribution < 1.29 is 0 Å². The number of rotatable bonds is 3. The smallest absolute Gasteiger partial charge is 0.0825 e. The van der Waals surface area contributed by atoms with E-state index in [4.69, 9.17) is 0 Å². The van der Waals surface area contributed by atoms with Crippen LogP contribution in [0.4, 0.5) is 5.69 Å². The summed E-state index contributed by atoms with van der Waals surface area (Å²) in [5, 5.41) is 7.48. The summed E-state index contributed by atoms with van der Waals surface area (Å²) in [6.45, 7) is 4.87. The van der Waals surface area contributed by atoms with Gasteiger partial charge in [0.15, 0.2) is 0 Å². The van der Waals surface area contributed by atoms with Gasteiger partial charge < -0.3 is 5.32 Å². The fraction of sp³-hybridized carbons (Fsp3) is 0.444. The quantitative estimate of drug-likeness (QED) is 0.691. The molecule has 1 N–H and O–H groups in total. The number of anilines is 1. The number of hydrogen-bond donors (Lipinski definition) is 1. The van der Waals surface area contributed by atoms with Gasteiger partial charge in [0.25, 0.3) is 0 Å². The molecule has 0 aliphatic carbocycles. The molecule has 0 aromatic carbocycles. The molecule has 0 amide bonds. The van der Waals surface area contributed by atoms with Crippen LogP contribution in [-0.2, 0) is 7.05 Å². The van der Waals surface area contributed by atoms with E-state index in [2.05, 4.69) is 16.5 Å². The van der Waals surface area contributed by atoms with Gasteiger partial charge in [0.2, 0.25) is 0 Å². The first-order valence-corrected chi connectivity index (χ1v) is 4.09. The van der Waals surface area contributed by atoms with Gasteiger partial charge in [-0.25, -0.2) is 0 Å². The second-order valence-corrected chi connectivity index (χ2v) is 2.75. The lowest BCUT2D eigenvalue weighted by atomic mass is 10.4. The average Bonchev–Trinajstić information content (AvgIpc) is 2.31.